The molecule has 0 N–H and O–H groups in total. The highest BCUT2D eigenvalue weighted by atomic mass is 32.1. The van der Waals surface area contributed by atoms with Crippen LogP contribution < -0.4 is 9.47 Å². The van der Waals surface area contributed by atoms with Gasteiger partial charge in [-0.3, -0.25) is 4.79 Å². The lowest BCUT2D eigenvalue weighted by Crippen LogP contribution is -2.42. The topological polar surface area (TPSA) is 60.9 Å². The third-order valence-electron chi connectivity index (χ3n) is 4.21. The van der Waals surface area contributed by atoms with Gasteiger partial charge in [0.2, 0.25) is 0 Å². The van der Waals surface area contributed by atoms with Gasteiger partial charge in [-0.15, -0.1) is 11.3 Å². The summed E-state index contributed by atoms with van der Waals surface area (Å²) in [6, 6.07) is 7.72. The van der Waals surface area contributed by atoms with E-state index in [2.05, 4.69) is 4.98 Å². The Labute approximate surface area is 157 Å². The zero-order valence-electron chi connectivity index (χ0n) is 15.1. The predicted octanol–water partition coefficient (Wildman–Crippen LogP) is 3.37. The number of thiazole rings is 1. The molecule has 0 radical (unpaired) electrons. The van der Waals surface area contributed by atoms with Crippen molar-refractivity contribution in [3.63, 3.8) is 0 Å². The molecule has 0 saturated carbocycles. The van der Waals surface area contributed by atoms with E-state index in [-0.39, 0.29) is 12.0 Å². The van der Waals surface area contributed by atoms with Crippen LogP contribution in [0.4, 0.5) is 0 Å². The first-order chi connectivity index (χ1) is 12.7. The van der Waals surface area contributed by atoms with Crippen LogP contribution in [-0.4, -0.2) is 48.7 Å². The van der Waals surface area contributed by atoms with Gasteiger partial charge >= 0.3 is 0 Å². The molecule has 2 aromatic rings. The molecule has 6 nitrogen and oxygen atoms in total. The first kappa shape index (κ1) is 18.7. The van der Waals surface area contributed by atoms with E-state index in [9.17, 15) is 4.79 Å². The number of hydrogen-bond donors (Lipinski definition) is 0. The molecule has 7 heteroatoms. The fourth-order valence-corrected chi connectivity index (χ4v) is 3.68. The Morgan fingerprint density at radius 3 is 2.69 bits per heavy atom. The number of ether oxygens (including phenoxy) is 3. The number of hydrogen-bond acceptors (Lipinski definition) is 6. The van der Waals surface area contributed by atoms with Crippen LogP contribution in [-0.2, 0) is 11.3 Å². The quantitative estimate of drug-likeness (QED) is 0.741. The van der Waals surface area contributed by atoms with E-state index in [1.807, 2.05) is 36.1 Å². The Kier molecular flexibility index (Phi) is 6.46. The molecule has 3 rings (SSSR count). The smallest absolute Gasteiger partial charge is 0.273 e. The van der Waals surface area contributed by atoms with Gasteiger partial charge in [-0.05, 0) is 19.1 Å². The first-order valence-electron chi connectivity index (χ1n) is 8.82. The summed E-state index contributed by atoms with van der Waals surface area (Å²) in [5, 5.41) is 2.62. The molecule has 1 aromatic carbocycles. The Balaban J connectivity index is 1.54. The summed E-state index contributed by atoms with van der Waals surface area (Å²) >= 11 is 1.45. The highest BCUT2D eigenvalue weighted by molar-refractivity contribution is 7.09. The molecule has 1 saturated heterocycles. The van der Waals surface area contributed by atoms with Gasteiger partial charge in [0, 0.05) is 38.4 Å². The Bertz CT molecular complexity index is 726. The number of carbonyl (C=O) groups is 1. The Morgan fingerprint density at radius 2 is 2.00 bits per heavy atom. The number of aromatic nitrogens is 1. The van der Waals surface area contributed by atoms with Gasteiger partial charge in [0.15, 0.2) is 11.5 Å². The standard InChI is InChI=1S/C19H24N2O4S/c1-3-24-16-6-4-5-7-17(16)25-14-8-10-21(11-9-14)19(22)15-13-26-18(20-15)12-23-2/h4-7,13-14H,3,8-12H2,1-2H3. The highest BCUT2D eigenvalue weighted by Gasteiger charge is 2.26. The maximum absolute atomic E-state index is 12.6. The van der Waals surface area contributed by atoms with Crippen LogP contribution in [0.25, 0.3) is 0 Å². The number of carbonyl (C=O) groups excluding carboxylic acids is 1. The van der Waals surface area contributed by atoms with Crippen molar-refractivity contribution in [2.45, 2.75) is 32.5 Å². The van der Waals surface area contributed by atoms with Crippen molar-refractivity contribution in [1.82, 2.24) is 9.88 Å². The van der Waals surface area contributed by atoms with Gasteiger partial charge in [0.25, 0.3) is 5.91 Å². The molecular weight excluding hydrogens is 352 g/mol. The molecule has 1 aromatic heterocycles. The average Bonchev–Trinajstić information content (AvgIpc) is 3.13. The van der Waals surface area contributed by atoms with Gasteiger partial charge in [0.1, 0.15) is 16.8 Å². The third kappa shape index (κ3) is 4.53. The van der Waals surface area contributed by atoms with Crippen molar-refractivity contribution in [2.24, 2.45) is 0 Å². The molecule has 0 atom stereocenters. The number of nitrogens with zero attached hydrogens (tertiary/aromatic N) is 2. The molecule has 26 heavy (non-hydrogen) atoms. The average molecular weight is 376 g/mol. The molecule has 1 aliphatic heterocycles. The van der Waals surface area contributed by atoms with Gasteiger partial charge < -0.3 is 19.1 Å². The normalized spacial score (nSPS) is 15.1. The number of methoxy groups -OCH3 is 1. The molecule has 0 bridgehead atoms. The van der Waals surface area contributed by atoms with E-state index < -0.39 is 0 Å². The number of rotatable bonds is 7. The number of amides is 1. The third-order valence-corrected chi connectivity index (χ3v) is 5.03. The molecule has 1 aliphatic rings. The van der Waals surface area contributed by atoms with Gasteiger partial charge in [-0.25, -0.2) is 4.98 Å². The molecule has 2 heterocycles. The van der Waals surface area contributed by atoms with Gasteiger partial charge in [-0.2, -0.15) is 0 Å². The van der Waals surface area contributed by atoms with Crippen molar-refractivity contribution in [1.29, 1.82) is 0 Å². The summed E-state index contributed by atoms with van der Waals surface area (Å²) in [4.78, 5) is 18.8. The second-order valence-corrected chi connectivity index (χ2v) is 6.99. The van der Waals surface area contributed by atoms with Crippen LogP contribution >= 0.6 is 11.3 Å². The van der Waals surface area contributed by atoms with Crippen LogP contribution in [0.1, 0.15) is 35.3 Å². The summed E-state index contributed by atoms with van der Waals surface area (Å²) in [7, 11) is 1.62. The molecule has 1 fully saturated rings. The lowest BCUT2D eigenvalue weighted by atomic mass is 10.1. The van der Waals surface area contributed by atoms with E-state index in [0.29, 0.717) is 32.0 Å². The van der Waals surface area contributed by atoms with Crippen molar-refractivity contribution in [3.05, 3.63) is 40.3 Å². The van der Waals surface area contributed by atoms with E-state index in [1.54, 1.807) is 12.5 Å². The number of piperidine rings is 1. The van der Waals surface area contributed by atoms with Crippen LogP contribution in [0, 0.1) is 0 Å². The number of likely N-dealkylation sites (tertiary alicyclic amines) is 1. The van der Waals surface area contributed by atoms with Gasteiger partial charge in [0.05, 0.1) is 13.2 Å². The summed E-state index contributed by atoms with van der Waals surface area (Å²) in [6.45, 7) is 4.32. The Hall–Kier alpha value is -2.12. The number of benzene rings is 1. The van der Waals surface area contributed by atoms with Crippen molar-refractivity contribution >= 4 is 17.2 Å². The lowest BCUT2D eigenvalue weighted by Gasteiger charge is -2.32. The van der Waals surface area contributed by atoms with Crippen LogP contribution in [0.5, 0.6) is 11.5 Å². The summed E-state index contributed by atoms with van der Waals surface area (Å²) in [5.74, 6) is 1.52. The van der Waals surface area contributed by atoms with Gasteiger partial charge in [-0.1, -0.05) is 12.1 Å². The van der Waals surface area contributed by atoms with Crippen LogP contribution in [0.15, 0.2) is 29.6 Å². The van der Waals surface area contributed by atoms with E-state index in [1.165, 1.54) is 11.3 Å². The summed E-state index contributed by atoms with van der Waals surface area (Å²) < 4.78 is 16.8. The van der Waals surface area contributed by atoms with Crippen molar-refractivity contribution in [2.75, 3.05) is 26.8 Å². The van der Waals surface area contributed by atoms with Crippen molar-refractivity contribution < 1.29 is 19.0 Å². The SMILES string of the molecule is CCOc1ccccc1OC1CCN(C(=O)c2csc(COC)n2)CC1. The van der Waals surface area contributed by atoms with Crippen molar-refractivity contribution in [3.8, 4) is 11.5 Å². The van der Waals surface area contributed by atoms with Crippen LogP contribution in [0.3, 0.4) is 0 Å². The fraction of sp³-hybridized carbons (Fsp3) is 0.474. The molecular formula is C19H24N2O4S. The zero-order chi connectivity index (χ0) is 18.4. The highest BCUT2D eigenvalue weighted by Crippen LogP contribution is 2.29. The lowest BCUT2D eigenvalue weighted by molar-refractivity contribution is 0.0584. The molecule has 140 valence electrons. The van der Waals surface area contributed by atoms with E-state index >= 15 is 0 Å². The second kappa shape index (κ2) is 9.00. The van der Waals surface area contributed by atoms with Crippen LogP contribution in [0.2, 0.25) is 0 Å². The molecule has 0 unspecified atom stereocenters. The monoisotopic (exact) mass is 376 g/mol. The minimum atomic E-state index is -0.0169. The van der Waals surface area contributed by atoms with E-state index in [0.717, 1.165) is 29.3 Å². The first-order valence-corrected chi connectivity index (χ1v) is 9.70. The maximum atomic E-state index is 12.6. The minimum absolute atomic E-state index is 0.0169. The molecule has 0 aliphatic carbocycles. The predicted molar refractivity (Wildman–Crippen MR) is 100.0 cm³/mol. The van der Waals surface area contributed by atoms with E-state index in [4.69, 9.17) is 14.2 Å². The Morgan fingerprint density at radius 1 is 1.27 bits per heavy atom. The number of para-hydroxylation sites is 2. The zero-order valence-corrected chi connectivity index (χ0v) is 16.0. The second-order valence-electron chi connectivity index (χ2n) is 6.05. The molecule has 1 amide bonds. The minimum Gasteiger partial charge on any atom is -0.490 e. The maximum Gasteiger partial charge on any atom is 0.273 e. The fourth-order valence-electron chi connectivity index (χ4n) is 2.94. The summed E-state index contributed by atoms with van der Waals surface area (Å²) in [6.07, 6.45) is 1.67. The summed E-state index contributed by atoms with van der Waals surface area (Å²) in [5.41, 5.74) is 0.503. The molecule has 0 spiro atoms. The largest absolute Gasteiger partial charge is 0.490 e.